The van der Waals surface area contributed by atoms with E-state index in [9.17, 15) is 9.18 Å². The normalized spacial score (nSPS) is 10.3. The van der Waals surface area contributed by atoms with Crippen LogP contribution in [-0.2, 0) is 0 Å². The molecule has 3 nitrogen and oxygen atoms in total. The molecule has 2 N–H and O–H groups in total. The van der Waals surface area contributed by atoms with Gasteiger partial charge in [0, 0.05) is 12.2 Å². The van der Waals surface area contributed by atoms with Gasteiger partial charge in [-0.25, -0.2) is 4.39 Å². The molecule has 2 aromatic rings. The Morgan fingerprint density at radius 3 is 2.50 bits per heavy atom. The molecule has 0 heterocycles. The van der Waals surface area contributed by atoms with Crippen molar-refractivity contribution in [2.24, 2.45) is 0 Å². The summed E-state index contributed by atoms with van der Waals surface area (Å²) in [5.74, 6) is -0.612. The van der Waals surface area contributed by atoms with Gasteiger partial charge in [-0.1, -0.05) is 17.7 Å². The van der Waals surface area contributed by atoms with Crippen LogP contribution in [0.2, 0.25) is 5.02 Å². The first kappa shape index (κ1) is 14.3. The van der Waals surface area contributed by atoms with Gasteiger partial charge in [-0.05, 0) is 43.3 Å². The number of rotatable bonds is 3. The third-order valence-corrected chi connectivity index (χ3v) is 3.31. The summed E-state index contributed by atoms with van der Waals surface area (Å²) in [6, 6.07) is 10.6. The molecule has 2 rings (SSSR count). The molecule has 0 aromatic heterocycles. The standard InChI is InChI=1S/C15H14ClFN2O/c1-2-19(11-8-6-10(17)7-9-11)15(20)12-4-3-5-13(16)14(12)18/h3-9H,2,18H2,1H3. The molecular weight excluding hydrogens is 279 g/mol. The Hall–Kier alpha value is -2.07. The second-order valence-electron chi connectivity index (χ2n) is 4.23. The number of anilines is 2. The number of nitrogen functional groups attached to an aromatic ring is 1. The van der Waals surface area contributed by atoms with Crippen LogP contribution in [0, 0.1) is 5.82 Å². The highest BCUT2D eigenvalue weighted by Crippen LogP contribution is 2.25. The van der Waals surface area contributed by atoms with Crippen LogP contribution in [-0.4, -0.2) is 12.5 Å². The summed E-state index contributed by atoms with van der Waals surface area (Å²) >= 11 is 5.93. The number of nitrogens with zero attached hydrogens (tertiary/aromatic N) is 1. The van der Waals surface area contributed by atoms with E-state index in [1.807, 2.05) is 6.92 Å². The lowest BCUT2D eigenvalue weighted by molar-refractivity contribution is 0.0989. The summed E-state index contributed by atoms with van der Waals surface area (Å²) in [4.78, 5) is 14.0. The van der Waals surface area contributed by atoms with Gasteiger partial charge in [0.1, 0.15) is 5.82 Å². The molecule has 1 amide bonds. The Kier molecular flexibility index (Phi) is 4.25. The van der Waals surface area contributed by atoms with Gasteiger partial charge in [0.05, 0.1) is 16.3 Å². The van der Waals surface area contributed by atoms with E-state index in [0.29, 0.717) is 22.8 Å². The lowest BCUT2D eigenvalue weighted by atomic mass is 10.1. The number of nitrogens with two attached hydrogens (primary N) is 1. The Bertz CT molecular complexity index is 628. The van der Waals surface area contributed by atoms with Crippen LogP contribution in [0.3, 0.4) is 0 Å². The van der Waals surface area contributed by atoms with E-state index in [0.717, 1.165) is 0 Å². The number of hydrogen-bond donors (Lipinski definition) is 1. The smallest absolute Gasteiger partial charge is 0.260 e. The maximum Gasteiger partial charge on any atom is 0.260 e. The maximum atomic E-state index is 13.0. The molecule has 104 valence electrons. The lowest BCUT2D eigenvalue weighted by Crippen LogP contribution is -2.31. The second kappa shape index (κ2) is 5.92. The van der Waals surface area contributed by atoms with E-state index in [-0.39, 0.29) is 17.4 Å². The van der Waals surface area contributed by atoms with Gasteiger partial charge >= 0.3 is 0 Å². The zero-order chi connectivity index (χ0) is 14.7. The van der Waals surface area contributed by atoms with Crippen LogP contribution in [0.4, 0.5) is 15.8 Å². The van der Waals surface area contributed by atoms with Crippen LogP contribution in [0.15, 0.2) is 42.5 Å². The molecule has 0 spiro atoms. The van der Waals surface area contributed by atoms with E-state index in [1.54, 1.807) is 30.3 Å². The Morgan fingerprint density at radius 2 is 1.90 bits per heavy atom. The molecule has 0 saturated carbocycles. The Balaban J connectivity index is 2.39. The van der Waals surface area contributed by atoms with E-state index in [2.05, 4.69) is 0 Å². The summed E-state index contributed by atoms with van der Waals surface area (Å²) in [7, 11) is 0. The highest BCUT2D eigenvalue weighted by molar-refractivity contribution is 6.34. The summed E-state index contributed by atoms with van der Waals surface area (Å²) in [6.45, 7) is 2.28. The van der Waals surface area contributed by atoms with Crippen molar-refractivity contribution in [1.82, 2.24) is 0 Å². The molecule has 0 aliphatic rings. The quantitative estimate of drug-likeness (QED) is 0.876. The first-order valence-electron chi connectivity index (χ1n) is 6.16. The van der Waals surface area contributed by atoms with Gasteiger partial charge in [0.15, 0.2) is 0 Å². The summed E-state index contributed by atoms with van der Waals surface area (Å²) in [6.07, 6.45) is 0. The van der Waals surface area contributed by atoms with Crippen LogP contribution in [0.5, 0.6) is 0 Å². The van der Waals surface area contributed by atoms with Crippen LogP contribution in [0.1, 0.15) is 17.3 Å². The Labute approximate surface area is 121 Å². The topological polar surface area (TPSA) is 46.3 Å². The monoisotopic (exact) mass is 292 g/mol. The third kappa shape index (κ3) is 2.75. The van der Waals surface area contributed by atoms with Crippen LogP contribution >= 0.6 is 11.6 Å². The molecular formula is C15H14ClFN2O. The van der Waals surface area contributed by atoms with Gasteiger partial charge in [0.2, 0.25) is 0 Å². The van der Waals surface area contributed by atoms with Crippen molar-refractivity contribution in [3.8, 4) is 0 Å². The average Bonchev–Trinajstić information content (AvgIpc) is 2.44. The van der Waals surface area contributed by atoms with Crippen LogP contribution < -0.4 is 10.6 Å². The van der Waals surface area contributed by atoms with Gasteiger partial charge in [-0.3, -0.25) is 4.79 Å². The highest BCUT2D eigenvalue weighted by Gasteiger charge is 2.19. The zero-order valence-corrected chi connectivity index (χ0v) is 11.7. The minimum Gasteiger partial charge on any atom is -0.397 e. The number of para-hydroxylation sites is 1. The van der Waals surface area contributed by atoms with Crippen LogP contribution in [0.25, 0.3) is 0 Å². The van der Waals surface area contributed by atoms with E-state index in [4.69, 9.17) is 17.3 Å². The molecule has 0 unspecified atom stereocenters. The molecule has 0 radical (unpaired) electrons. The summed E-state index contributed by atoms with van der Waals surface area (Å²) in [5.41, 5.74) is 7.03. The fourth-order valence-electron chi connectivity index (χ4n) is 1.93. The molecule has 0 atom stereocenters. The van der Waals surface area contributed by atoms with Gasteiger partial charge in [-0.15, -0.1) is 0 Å². The van der Waals surface area contributed by atoms with Crippen molar-refractivity contribution >= 4 is 28.9 Å². The molecule has 20 heavy (non-hydrogen) atoms. The minimum absolute atomic E-state index is 0.250. The molecule has 2 aromatic carbocycles. The van der Waals surface area contributed by atoms with Crippen molar-refractivity contribution in [2.45, 2.75) is 6.92 Å². The SMILES string of the molecule is CCN(C(=O)c1cccc(Cl)c1N)c1ccc(F)cc1. The molecule has 0 fully saturated rings. The van der Waals surface area contributed by atoms with Gasteiger partial charge in [-0.2, -0.15) is 0 Å². The second-order valence-corrected chi connectivity index (χ2v) is 4.63. The van der Waals surface area contributed by atoms with Gasteiger partial charge < -0.3 is 10.6 Å². The van der Waals surface area contributed by atoms with Crippen molar-refractivity contribution in [3.63, 3.8) is 0 Å². The fraction of sp³-hybridized carbons (Fsp3) is 0.133. The lowest BCUT2D eigenvalue weighted by Gasteiger charge is -2.22. The Morgan fingerprint density at radius 1 is 1.25 bits per heavy atom. The zero-order valence-electron chi connectivity index (χ0n) is 10.9. The van der Waals surface area contributed by atoms with E-state index in [1.165, 1.54) is 17.0 Å². The van der Waals surface area contributed by atoms with Crippen molar-refractivity contribution in [2.75, 3.05) is 17.2 Å². The molecule has 0 saturated heterocycles. The minimum atomic E-state index is -0.348. The molecule has 0 bridgehead atoms. The first-order valence-corrected chi connectivity index (χ1v) is 6.53. The number of halogens is 2. The number of benzene rings is 2. The predicted molar refractivity (Wildman–Crippen MR) is 79.6 cm³/mol. The summed E-state index contributed by atoms with van der Waals surface area (Å²) in [5, 5.41) is 0.339. The molecule has 0 aliphatic carbocycles. The van der Waals surface area contributed by atoms with Crippen molar-refractivity contribution < 1.29 is 9.18 Å². The maximum absolute atomic E-state index is 13.0. The van der Waals surface area contributed by atoms with E-state index < -0.39 is 0 Å². The number of carbonyl (C=O) groups excluding carboxylic acids is 1. The number of amides is 1. The fourth-order valence-corrected chi connectivity index (χ4v) is 2.11. The highest BCUT2D eigenvalue weighted by atomic mass is 35.5. The van der Waals surface area contributed by atoms with Gasteiger partial charge in [0.25, 0.3) is 5.91 Å². The average molecular weight is 293 g/mol. The van der Waals surface area contributed by atoms with Crippen molar-refractivity contribution in [3.05, 3.63) is 58.9 Å². The van der Waals surface area contributed by atoms with Crippen molar-refractivity contribution in [1.29, 1.82) is 0 Å². The summed E-state index contributed by atoms with van der Waals surface area (Å²) < 4.78 is 13.0. The molecule has 5 heteroatoms. The number of hydrogen-bond acceptors (Lipinski definition) is 2. The predicted octanol–water partition coefficient (Wildman–Crippen LogP) is 3.73. The van der Waals surface area contributed by atoms with E-state index >= 15 is 0 Å². The third-order valence-electron chi connectivity index (χ3n) is 2.98. The largest absolute Gasteiger partial charge is 0.397 e. The first-order chi connectivity index (χ1) is 9.54. The molecule has 0 aliphatic heterocycles. The number of carbonyl (C=O) groups is 1.